The fraction of sp³-hybridized carbons (Fsp3) is 0.102. The van der Waals surface area contributed by atoms with Crippen LogP contribution in [0.1, 0.15) is 63.8 Å². The first-order valence-corrected chi connectivity index (χ1v) is 35.8. The van der Waals surface area contributed by atoms with Crippen molar-refractivity contribution >= 4 is 121 Å². The summed E-state index contributed by atoms with van der Waals surface area (Å²) in [5.74, 6) is 0. The van der Waals surface area contributed by atoms with Gasteiger partial charge < -0.3 is 18.6 Å². The van der Waals surface area contributed by atoms with Gasteiger partial charge in [-0.25, -0.2) is 0 Å². The molecule has 0 fully saturated rings. The molecular formula is C98H72N2O2. The van der Waals surface area contributed by atoms with Crippen LogP contribution in [0, 0.1) is 10.8 Å². The van der Waals surface area contributed by atoms with Crippen LogP contribution < -0.4 is 9.80 Å². The van der Waals surface area contributed by atoms with Crippen LogP contribution in [-0.2, 0) is 10.8 Å². The summed E-state index contributed by atoms with van der Waals surface area (Å²) in [7, 11) is 0. The molecule has 18 aromatic rings. The summed E-state index contributed by atoms with van der Waals surface area (Å²) in [5.41, 5.74) is 21.4. The topological polar surface area (TPSA) is 32.8 Å². The number of anilines is 6. The van der Waals surface area contributed by atoms with E-state index >= 15 is 0 Å². The van der Waals surface area contributed by atoms with Gasteiger partial charge in [-0.1, -0.05) is 308 Å². The second-order valence-corrected chi connectivity index (χ2v) is 30.2. The molecule has 16 aromatic carbocycles. The van der Waals surface area contributed by atoms with Crippen LogP contribution in [0.3, 0.4) is 0 Å². The lowest BCUT2D eigenvalue weighted by Crippen LogP contribution is -2.62. The Morgan fingerprint density at radius 2 is 0.559 bits per heavy atom. The molecule has 0 radical (unpaired) electrons. The van der Waals surface area contributed by atoms with Gasteiger partial charge in [0.1, 0.15) is 11.2 Å². The zero-order chi connectivity index (χ0) is 68.4. The first-order valence-electron chi connectivity index (χ1n) is 35.8. The molecule has 102 heavy (non-hydrogen) atoms. The molecule has 4 heteroatoms. The third-order valence-corrected chi connectivity index (χ3v) is 23.0. The molecular weight excluding hydrogens is 1240 g/mol. The van der Waals surface area contributed by atoms with Gasteiger partial charge in [0.2, 0.25) is 0 Å². The highest BCUT2D eigenvalue weighted by Gasteiger charge is 2.71. The number of fused-ring (bicyclic) bond motifs is 20. The van der Waals surface area contributed by atoms with Crippen molar-refractivity contribution in [2.75, 3.05) is 9.80 Å². The van der Waals surface area contributed by atoms with E-state index in [0.717, 1.165) is 111 Å². The number of para-hydroxylation sites is 4. The van der Waals surface area contributed by atoms with Crippen LogP contribution in [0.2, 0.25) is 0 Å². The van der Waals surface area contributed by atoms with Gasteiger partial charge in [0.05, 0.1) is 22.7 Å². The minimum Gasteiger partial charge on any atom is -0.454 e. The first kappa shape index (κ1) is 59.8. The monoisotopic (exact) mass is 1310 g/mol. The number of rotatable bonds is 9. The fourth-order valence-corrected chi connectivity index (χ4v) is 19.3. The van der Waals surface area contributed by atoms with Gasteiger partial charge in [-0.3, -0.25) is 0 Å². The van der Waals surface area contributed by atoms with Gasteiger partial charge in [-0.15, -0.1) is 0 Å². The molecule has 4 nitrogen and oxygen atoms in total. The summed E-state index contributed by atoms with van der Waals surface area (Å²) in [6.07, 6.45) is 0. The van der Waals surface area contributed by atoms with Crippen LogP contribution in [0.4, 0.5) is 34.1 Å². The second kappa shape index (κ2) is 22.1. The number of hydrogen-bond donors (Lipinski definition) is 0. The number of furan rings is 2. The summed E-state index contributed by atoms with van der Waals surface area (Å²) < 4.78 is 14.4. The lowest BCUT2D eigenvalue weighted by atomic mass is 9.39. The molecule has 0 saturated carbocycles. The summed E-state index contributed by atoms with van der Waals surface area (Å²) in [6, 6.07) is 123. The first-order chi connectivity index (χ1) is 49.9. The molecule has 0 amide bonds. The largest absolute Gasteiger partial charge is 0.454 e. The van der Waals surface area contributed by atoms with Gasteiger partial charge in [0, 0.05) is 54.5 Å². The fourth-order valence-electron chi connectivity index (χ4n) is 19.3. The summed E-state index contributed by atoms with van der Waals surface area (Å²) in [5, 5.41) is 13.9. The predicted octanol–water partition coefficient (Wildman–Crippen LogP) is 27.7. The van der Waals surface area contributed by atoms with Crippen molar-refractivity contribution in [2.24, 2.45) is 10.8 Å². The molecule has 2 atom stereocenters. The van der Waals surface area contributed by atoms with Gasteiger partial charge >= 0.3 is 0 Å². The molecule has 2 unspecified atom stereocenters. The zero-order valence-electron chi connectivity index (χ0n) is 57.9. The van der Waals surface area contributed by atoms with E-state index in [1.165, 1.54) is 76.8 Å². The van der Waals surface area contributed by atoms with Crippen molar-refractivity contribution in [2.45, 2.75) is 52.4 Å². The van der Waals surface area contributed by atoms with Gasteiger partial charge in [0.15, 0.2) is 11.2 Å². The Morgan fingerprint density at radius 1 is 0.235 bits per heavy atom. The Bertz CT molecular complexity index is 6100. The number of nitrogens with zero attached hydrogens (tertiary/aromatic N) is 2. The Kier molecular flexibility index (Phi) is 13.0. The molecule has 0 bridgehead atoms. The van der Waals surface area contributed by atoms with E-state index in [2.05, 4.69) is 379 Å². The van der Waals surface area contributed by atoms with Crippen molar-refractivity contribution < 1.29 is 8.83 Å². The molecule has 2 heterocycles. The average molecular weight is 1310 g/mol. The molecule has 0 aliphatic heterocycles. The molecule has 2 aliphatic rings. The minimum atomic E-state index is -0.895. The van der Waals surface area contributed by atoms with E-state index < -0.39 is 21.7 Å². The summed E-state index contributed by atoms with van der Waals surface area (Å²) in [6.45, 7) is 15.4. The predicted molar refractivity (Wildman–Crippen MR) is 429 cm³/mol. The van der Waals surface area contributed by atoms with E-state index in [1.54, 1.807) is 0 Å². The lowest BCUT2D eigenvalue weighted by molar-refractivity contribution is 0.0596. The normalized spacial score (nSPS) is 15.6. The summed E-state index contributed by atoms with van der Waals surface area (Å²) >= 11 is 0. The third-order valence-electron chi connectivity index (χ3n) is 23.0. The van der Waals surface area contributed by atoms with Crippen molar-refractivity contribution in [3.63, 3.8) is 0 Å². The van der Waals surface area contributed by atoms with E-state index in [1.807, 2.05) is 0 Å². The van der Waals surface area contributed by atoms with Gasteiger partial charge in [0.25, 0.3) is 0 Å². The van der Waals surface area contributed by atoms with E-state index in [0.29, 0.717) is 0 Å². The van der Waals surface area contributed by atoms with Crippen molar-refractivity contribution in [1.29, 1.82) is 0 Å². The van der Waals surface area contributed by atoms with E-state index in [9.17, 15) is 0 Å². The van der Waals surface area contributed by atoms with Crippen molar-refractivity contribution in [3.05, 3.63) is 350 Å². The Balaban J connectivity index is 0.978. The van der Waals surface area contributed by atoms with Crippen molar-refractivity contribution in [1.82, 2.24) is 0 Å². The van der Waals surface area contributed by atoms with Crippen LogP contribution in [0.5, 0.6) is 0 Å². The maximum absolute atomic E-state index is 7.22. The Morgan fingerprint density at radius 3 is 0.971 bits per heavy atom. The maximum Gasteiger partial charge on any atom is 0.159 e. The molecule has 2 aliphatic carbocycles. The second-order valence-electron chi connectivity index (χ2n) is 30.2. The average Bonchev–Trinajstić information content (AvgIpc) is 1.45. The minimum absolute atomic E-state index is 0.570. The standard InChI is InChI=1S/C98H72N2O2/c1-95(2,3)97(79-55-53-63-33-13-15-39-69(63)89(79)91-75-45-19-17-41-71(75)85(59-81(91)97)99(67-37-25-35-65(57-67)61-29-9-7-10-30-61)83-49-27-47-77-73-43-21-23-51-87(73)101-93(77)83)98(96(4,5)6)80-56-54-64-34-14-16-40-70(64)90(80)92-76-46-20-18-42-72(76)86(60-82(92)98)100(68-38-26-36-66(58-68)62-31-11-8-12-32-62)84-50-28-48-78-74-44-22-24-52-88(74)102-94(78)84/h7-60H,1-6H3. The van der Waals surface area contributed by atoms with E-state index in [4.69, 9.17) is 8.83 Å². The van der Waals surface area contributed by atoms with Crippen LogP contribution in [0.15, 0.2) is 336 Å². The van der Waals surface area contributed by atoms with Crippen LogP contribution >= 0.6 is 0 Å². The van der Waals surface area contributed by atoms with Crippen LogP contribution in [0.25, 0.3) is 131 Å². The molecule has 0 saturated heterocycles. The highest BCUT2D eigenvalue weighted by molar-refractivity contribution is 6.21. The third kappa shape index (κ3) is 8.26. The summed E-state index contributed by atoms with van der Waals surface area (Å²) in [4.78, 5) is 5.07. The highest BCUT2D eigenvalue weighted by Crippen LogP contribution is 2.77. The Hall–Kier alpha value is -12.2. The maximum atomic E-state index is 7.22. The molecule has 486 valence electrons. The smallest absolute Gasteiger partial charge is 0.159 e. The lowest BCUT2D eigenvalue weighted by Gasteiger charge is -2.62. The number of hydrogen-bond acceptors (Lipinski definition) is 4. The molecule has 2 aromatic heterocycles. The zero-order valence-corrected chi connectivity index (χ0v) is 57.9. The van der Waals surface area contributed by atoms with Crippen LogP contribution in [-0.4, -0.2) is 0 Å². The molecule has 0 N–H and O–H groups in total. The molecule has 20 rings (SSSR count). The Labute approximate surface area is 593 Å². The molecule has 0 spiro atoms. The highest BCUT2D eigenvalue weighted by atomic mass is 16.3. The van der Waals surface area contributed by atoms with Crippen molar-refractivity contribution in [3.8, 4) is 44.5 Å². The quantitative estimate of drug-likeness (QED) is 0.144. The van der Waals surface area contributed by atoms with Gasteiger partial charge in [-0.05, 0) is 171 Å². The van der Waals surface area contributed by atoms with Gasteiger partial charge in [-0.2, -0.15) is 0 Å². The number of benzene rings is 16. The SMILES string of the molecule is CC(C)(C)C1(C2(C(C)(C)C)c3ccc4ccccc4c3-c3c2cc(N(c2cccc(-c4ccccc4)c2)c2cccc4c2oc2ccccc24)c2ccccc32)c2ccc3ccccc3c2-c2c1cc(N(c1cccc(-c3ccccc3)c1)c1cccc3c1oc1ccccc13)c1ccccc21. The van der Waals surface area contributed by atoms with E-state index in [-0.39, 0.29) is 0 Å².